The maximum Gasteiger partial charge on any atom is 0.126 e. The molecule has 1 aromatic rings. The number of hydrogen-bond donors (Lipinski definition) is 0. The van der Waals surface area contributed by atoms with Crippen LogP contribution in [0.2, 0.25) is 0 Å². The van der Waals surface area contributed by atoms with Gasteiger partial charge in [0.2, 0.25) is 0 Å². The third-order valence-electron chi connectivity index (χ3n) is 3.31. The minimum Gasteiger partial charge on any atom is -0.378 e. The fraction of sp³-hybridized carbons (Fsp3) is 0.538. The van der Waals surface area contributed by atoms with Gasteiger partial charge in [-0.1, -0.05) is 28.1 Å². The zero-order chi connectivity index (χ0) is 11.7. The van der Waals surface area contributed by atoms with E-state index >= 15 is 0 Å². The molecule has 3 unspecified atom stereocenters. The van der Waals surface area contributed by atoms with Gasteiger partial charge in [-0.05, 0) is 37.5 Å². The zero-order valence-electron chi connectivity index (χ0n) is 9.54. The summed E-state index contributed by atoms with van der Waals surface area (Å²) in [5, 5.41) is 0. The van der Waals surface area contributed by atoms with Crippen molar-refractivity contribution in [3.8, 4) is 0 Å². The molecule has 1 aromatic carbocycles. The Morgan fingerprint density at radius 3 is 2.81 bits per heavy atom. The number of benzene rings is 1. The summed E-state index contributed by atoms with van der Waals surface area (Å²) in [7, 11) is 0. The topological polar surface area (TPSA) is 9.23 Å². The van der Waals surface area contributed by atoms with E-state index in [1.165, 1.54) is 0 Å². The van der Waals surface area contributed by atoms with Crippen LogP contribution in [0.4, 0.5) is 4.39 Å². The average Bonchev–Trinajstić information content (AvgIpc) is 2.67. The SMILES string of the molecule is Cc1cc(C(Br)C2CCOC2C)ccc1F. The van der Waals surface area contributed by atoms with E-state index in [-0.39, 0.29) is 16.7 Å². The van der Waals surface area contributed by atoms with Crippen molar-refractivity contribution < 1.29 is 9.13 Å². The van der Waals surface area contributed by atoms with E-state index < -0.39 is 0 Å². The molecule has 3 heteroatoms. The Balaban J connectivity index is 2.20. The van der Waals surface area contributed by atoms with Crippen LogP contribution in [0.3, 0.4) is 0 Å². The first-order chi connectivity index (χ1) is 7.59. The number of alkyl halides is 1. The monoisotopic (exact) mass is 286 g/mol. The van der Waals surface area contributed by atoms with E-state index in [9.17, 15) is 4.39 Å². The molecular weight excluding hydrogens is 271 g/mol. The van der Waals surface area contributed by atoms with Crippen LogP contribution in [0, 0.1) is 18.7 Å². The number of halogens is 2. The third-order valence-corrected chi connectivity index (χ3v) is 4.52. The molecule has 16 heavy (non-hydrogen) atoms. The van der Waals surface area contributed by atoms with Gasteiger partial charge in [0, 0.05) is 17.4 Å². The van der Waals surface area contributed by atoms with Gasteiger partial charge in [-0.25, -0.2) is 4.39 Å². The minimum absolute atomic E-state index is 0.140. The Morgan fingerprint density at radius 1 is 1.50 bits per heavy atom. The lowest BCUT2D eigenvalue weighted by atomic mass is 9.93. The van der Waals surface area contributed by atoms with Gasteiger partial charge in [-0.3, -0.25) is 0 Å². The van der Waals surface area contributed by atoms with Crippen LogP contribution in [-0.4, -0.2) is 12.7 Å². The molecule has 0 aromatic heterocycles. The fourth-order valence-corrected chi connectivity index (χ4v) is 3.20. The summed E-state index contributed by atoms with van der Waals surface area (Å²) >= 11 is 3.71. The first-order valence-corrected chi connectivity index (χ1v) is 6.53. The second kappa shape index (κ2) is 4.84. The quantitative estimate of drug-likeness (QED) is 0.747. The van der Waals surface area contributed by atoms with Crippen LogP contribution >= 0.6 is 15.9 Å². The molecule has 1 aliphatic rings. The molecule has 1 heterocycles. The van der Waals surface area contributed by atoms with Gasteiger partial charge in [0.15, 0.2) is 0 Å². The first kappa shape index (κ1) is 12.1. The zero-order valence-corrected chi connectivity index (χ0v) is 11.1. The summed E-state index contributed by atoms with van der Waals surface area (Å²) in [4.78, 5) is 0.254. The summed E-state index contributed by atoms with van der Waals surface area (Å²) in [6, 6.07) is 5.31. The number of rotatable bonds is 2. The molecule has 88 valence electrons. The lowest BCUT2D eigenvalue weighted by Gasteiger charge is -2.21. The van der Waals surface area contributed by atoms with Crippen LogP contribution in [0.25, 0.3) is 0 Å². The summed E-state index contributed by atoms with van der Waals surface area (Å²) in [6.07, 6.45) is 1.34. The molecule has 0 radical (unpaired) electrons. The Bertz CT molecular complexity index is 380. The smallest absolute Gasteiger partial charge is 0.126 e. The molecule has 0 saturated carbocycles. The van der Waals surface area contributed by atoms with Gasteiger partial charge in [-0.2, -0.15) is 0 Å². The molecule has 2 rings (SSSR count). The fourth-order valence-electron chi connectivity index (χ4n) is 2.22. The first-order valence-electron chi connectivity index (χ1n) is 5.61. The van der Waals surface area contributed by atoms with Crippen molar-refractivity contribution in [2.24, 2.45) is 5.92 Å². The standard InChI is InChI=1S/C13H16BrFO/c1-8-7-10(3-4-12(8)15)13(14)11-5-6-16-9(11)2/h3-4,7,9,11,13H,5-6H2,1-2H3. The summed E-state index contributed by atoms with van der Waals surface area (Å²) in [5.41, 5.74) is 1.84. The third kappa shape index (κ3) is 2.30. The van der Waals surface area contributed by atoms with E-state index in [4.69, 9.17) is 4.74 Å². The van der Waals surface area contributed by atoms with Gasteiger partial charge >= 0.3 is 0 Å². The summed E-state index contributed by atoms with van der Waals surface area (Å²) in [6.45, 7) is 4.73. The number of ether oxygens (including phenoxy) is 1. The van der Waals surface area contributed by atoms with E-state index in [1.807, 2.05) is 12.1 Å². The maximum absolute atomic E-state index is 13.2. The Hall–Kier alpha value is -0.410. The van der Waals surface area contributed by atoms with Crippen molar-refractivity contribution in [3.05, 3.63) is 35.1 Å². The van der Waals surface area contributed by atoms with Crippen LogP contribution in [-0.2, 0) is 4.74 Å². The highest BCUT2D eigenvalue weighted by molar-refractivity contribution is 9.09. The highest BCUT2D eigenvalue weighted by atomic mass is 79.9. The Morgan fingerprint density at radius 2 is 2.25 bits per heavy atom. The Kier molecular flexibility index (Phi) is 3.65. The average molecular weight is 287 g/mol. The minimum atomic E-state index is -0.140. The molecule has 0 bridgehead atoms. The molecular formula is C13H16BrFO. The number of hydrogen-bond acceptors (Lipinski definition) is 1. The highest BCUT2D eigenvalue weighted by Crippen LogP contribution is 2.39. The second-order valence-corrected chi connectivity index (χ2v) is 5.43. The van der Waals surface area contributed by atoms with Crippen molar-refractivity contribution in [2.75, 3.05) is 6.61 Å². The molecule has 0 spiro atoms. The van der Waals surface area contributed by atoms with Crippen molar-refractivity contribution in [3.63, 3.8) is 0 Å². The van der Waals surface area contributed by atoms with E-state index in [0.717, 1.165) is 18.6 Å². The van der Waals surface area contributed by atoms with Crippen LogP contribution in [0.15, 0.2) is 18.2 Å². The van der Waals surface area contributed by atoms with Crippen LogP contribution in [0.1, 0.15) is 29.3 Å². The molecule has 1 saturated heterocycles. The van der Waals surface area contributed by atoms with Crippen LogP contribution in [0.5, 0.6) is 0 Å². The predicted molar refractivity (Wildman–Crippen MR) is 66.3 cm³/mol. The van der Waals surface area contributed by atoms with Gasteiger partial charge in [0.05, 0.1) is 6.10 Å². The summed E-state index contributed by atoms with van der Waals surface area (Å²) < 4.78 is 18.7. The molecule has 1 nitrogen and oxygen atoms in total. The normalized spacial score (nSPS) is 27.0. The number of aryl methyl sites for hydroxylation is 1. The molecule has 1 aliphatic heterocycles. The molecule has 1 fully saturated rings. The second-order valence-electron chi connectivity index (χ2n) is 4.44. The van der Waals surface area contributed by atoms with Crippen molar-refractivity contribution in [1.29, 1.82) is 0 Å². The van der Waals surface area contributed by atoms with Gasteiger partial charge < -0.3 is 4.74 Å². The van der Waals surface area contributed by atoms with Crippen LogP contribution < -0.4 is 0 Å². The lowest BCUT2D eigenvalue weighted by molar-refractivity contribution is 0.105. The van der Waals surface area contributed by atoms with E-state index in [1.54, 1.807) is 13.0 Å². The lowest BCUT2D eigenvalue weighted by Crippen LogP contribution is -2.16. The van der Waals surface area contributed by atoms with E-state index in [0.29, 0.717) is 11.5 Å². The van der Waals surface area contributed by atoms with Gasteiger partial charge in [-0.15, -0.1) is 0 Å². The molecule has 3 atom stereocenters. The van der Waals surface area contributed by atoms with E-state index in [2.05, 4.69) is 22.9 Å². The highest BCUT2D eigenvalue weighted by Gasteiger charge is 2.31. The van der Waals surface area contributed by atoms with Gasteiger partial charge in [0.1, 0.15) is 5.82 Å². The van der Waals surface area contributed by atoms with Crippen molar-refractivity contribution in [1.82, 2.24) is 0 Å². The maximum atomic E-state index is 13.2. The largest absolute Gasteiger partial charge is 0.378 e. The van der Waals surface area contributed by atoms with Crippen molar-refractivity contribution >= 4 is 15.9 Å². The molecule has 0 N–H and O–H groups in total. The Labute approximate surface area is 104 Å². The molecule has 0 aliphatic carbocycles. The predicted octanol–water partition coefficient (Wildman–Crippen LogP) is 4.00. The summed E-state index contributed by atoms with van der Waals surface area (Å²) in [5.74, 6) is 0.337. The van der Waals surface area contributed by atoms with Crippen molar-refractivity contribution in [2.45, 2.75) is 31.2 Å². The van der Waals surface area contributed by atoms with Gasteiger partial charge in [0.25, 0.3) is 0 Å². The molecule has 0 amide bonds.